The van der Waals surface area contributed by atoms with E-state index in [0.717, 1.165) is 10.5 Å². The van der Waals surface area contributed by atoms with E-state index >= 15 is 0 Å². The van der Waals surface area contributed by atoms with E-state index in [9.17, 15) is 19.5 Å². The molecule has 2 N–H and O–H groups in total. The maximum absolute atomic E-state index is 13.7. The van der Waals surface area contributed by atoms with Crippen LogP contribution in [0.3, 0.4) is 0 Å². The molecular weight excluding hydrogens is 504 g/mol. The Balaban J connectivity index is 1.84. The minimum atomic E-state index is -1.42. The van der Waals surface area contributed by atoms with Gasteiger partial charge in [0.25, 0.3) is 5.91 Å². The zero-order valence-electron chi connectivity index (χ0n) is 23.3. The first-order valence-electron chi connectivity index (χ1n) is 12.9. The number of methoxy groups -OCH3 is 1. The molecule has 0 saturated carbocycles. The van der Waals surface area contributed by atoms with Crippen molar-refractivity contribution in [2.45, 2.75) is 77.5 Å². The fourth-order valence-electron chi connectivity index (χ4n) is 4.24. The number of imide groups is 1. The van der Waals surface area contributed by atoms with Crippen LogP contribution in [0.2, 0.25) is 0 Å². The first kappa shape index (κ1) is 29.9. The number of amides is 3. The van der Waals surface area contributed by atoms with Crippen molar-refractivity contribution in [1.29, 1.82) is 0 Å². The number of rotatable bonds is 10. The molecule has 10 nitrogen and oxygen atoms in total. The summed E-state index contributed by atoms with van der Waals surface area (Å²) in [6, 6.07) is 13.8. The van der Waals surface area contributed by atoms with Gasteiger partial charge in [-0.1, -0.05) is 36.4 Å². The standard InChI is InChI=1S/C29H38N2O8/c1-18(2)38-25(26(33)31-22(17-37-28(31)35)14-19-10-8-7-9-11-19)24(32)20-12-13-23(36-6)21(15-20)16-30-27(34)39-29(3,4)5/h7-13,15,18,22,24-25,32H,14,16-17H2,1-6H3,(H,30,34)/t22-,24+,25-/m0/s1. The molecule has 0 radical (unpaired) electrons. The molecule has 1 aliphatic rings. The summed E-state index contributed by atoms with van der Waals surface area (Å²) in [4.78, 5) is 39.5. The van der Waals surface area contributed by atoms with Gasteiger partial charge in [-0.05, 0) is 64.3 Å². The molecule has 0 aliphatic carbocycles. The largest absolute Gasteiger partial charge is 0.496 e. The van der Waals surface area contributed by atoms with E-state index in [0.29, 0.717) is 23.3 Å². The second kappa shape index (κ2) is 12.9. The Kier molecular flexibility index (Phi) is 9.93. The van der Waals surface area contributed by atoms with Gasteiger partial charge in [0.2, 0.25) is 0 Å². The van der Waals surface area contributed by atoms with Gasteiger partial charge >= 0.3 is 12.2 Å². The summed E-state index contributed by atoms with van der Waals surface area (Å²) in [5, 5.41) is 14.0. The maximum Gasteiger partial charge on any atom is 0.417 e. The van der Waals surface area contributed by atoms with Crippen molar-refractivity contribution in [3.8, 4) is 5.75 Å². The van der Waals surface area contributed by atoms with Gasteiger partial charge in [0, 0.05) is 12.1 Å². The molecule has 0 aromatic heterocycles. The number of nitrogens with zero attached hydrogens (tertiary/aromatic N) is 1. The van der Waals surface area contributed by atoms with Gasteiger partial charge in [-0.2, -0.15) is 0 Å². The van der Waals surface area contributed by atoms with Gasteiger partial charge in [-0.3, -0.25) is 4.79 Å². The number of carbonyl (C=O) groups is 3. The first-order chi connectivity index (χ1) is 18.4. The van der Waals surface area contributed by atoms with E-state index in [1.807, 2.05) is 30.3 Å². The highest BCUT2D eigenvalue weighted by Gasteiger charge is 2.44. The number of aliphatic hydroxyl groups excluding tert-OH is 1. The van der Waals surface area contributed by atoms with E-state index in [4.69, 9.17) is 18.9 Å². The van der Waals surface area contributed by atoms with Crippen LogP contribution < -0.4 is 10.1 Å². The lowest BCUT2D eigenvalue weighted by Gasteiger charge is -2.29. The van der Waals surface area contributed by atoms with Gasteiger partial charge in [-0.25, -0.2) is 14.5 Å². The second-order valence-electron chi connectivity index (χ2n) is 10.6. The van der Waals surface area contributed by atoms with E-state index in [1.165, 1.54) is 7.11 Å². The highest BCUT2D eigenvalue weighted by Crippen LogP contribution is 2.29. The third kappa shape index (κ3) is 8.18. The monoisotopic (exact) mass is 542 g/mol. The molecule has 2 aromatic rings. The molecule has 1 heterocycles. The van der Waals surface area contributed by atoms with Crippen molar-refractivity contribution in [3.63, 3.8) is 0 Å². The molecule has 3 amide bonds. The van der Waals surface area contributed by atoms with Crippen LogP contribution in [-0.2, 0) is 32.0 Å². The summed E-state index contributed by atoms with van der Waals surface area (Å²) < 4.78 is 21.8. The van der Waals surface area contributed by atoms with E-state index in [1.54, 1.807) is 52.8 Å². The molecule has 212 valence electrons. The lowest BCUT2D eigenvalue weighted by Crippen LogP contribution is -2.49. The quantitative estimate of drug-likeness (QED) is 0.459. The highest BCUT2D eigenvalue weighted by molar-refractivity contribution is 5.96. The Morgan fingerprint density at radius 3 is 2.46 bits per heavy atom. The van der Waals surface area contributed by atoms with E-state index in [-0.39, 0.29) is 13.2 Å². The van der Waals surface area contributed by atoms with Crippen molar-refractivity contribution in [3.05, 3.63) is 65.2 Å². The van der Waals surface area contributed by atoms with Gasteiger partial charge in [0.15, 0.2) is 6.10 Å². The third-order valence-corrected chi connectivity index (χ3v) is 5.93. The second-order valence-corrected chi connectivity index (χ2v) is 10.6. The molecular formula is C29H38N2O8. The summed E-state index contributed by atoms with van der Waals surface area (Å²) >= 11 is 0. The van der Waals surface area contributed by atoms with Gasteiger partial charge in [0.1, 0.15) is 24.1 Å². The SMILES string of the molecule is COc1ccc([C@@H](O)[C@H](OC(C)C)C(=O)N2C(=O)OC[C@@H]2Cc2ccccc2)cc1CNC(=O)OC(C)(C)C. The topological polar surface area (TPSA) is 124 Å². The third-order valence-electron chi connectivity index (χ3n) is 5.93. The van der Waals surface area contributed by atoms with Crippen molar-refractivity contribution in [1.82, 2.24) is 10.2 Å². The molecule has 0 bridgehead atoms. The smallest absolute Gasteiger partial charge is 0.417 e. The van der Waals surface area contributed by atoms with Crippen molar-refractivity contribution in [2.75, 3.05) is 13.7 Å². The number of cyclic esters (lactones) is 1. The average molecular weight is 543 g/mol. The number of hydrogen-bond donors (Lipinski definition) is 2. The van der Waals surface area contributed by atoms with Crippen molar-refractivity contribution in [2.24, 2.45) is 0 Å². The molecule has 10 heteroatoms. The molecule has 0 unspecified atom stereocenters. The van der Waals surface area contributed by atoms with E-state index < -0.39 is 48.0 Å². The molecule has 3 rings (SSSR count). The summed E-state index contributed by atoms with van der Waals surface area (Å²) in [6.07, 6.45) is -4.20. The Morgan fingerprint density at radius 2 is 1.85 bits per heavy atom. The van der Waals surface area contributed by atoms with Crippen LogP contribution >= 0.6 is 0 Å². The Labute approximate surface area is 229 Å². The van der Waals surface area contributed by atoms with Crippen molar-refractivity contribution < 1.29 is 38.4 Å². The van der Waals surface area contributed by atoms with E-state index in [2.05, 4.69) is 5.32 Å². The zero-order valence-corrected chi connectivity index (χ0v) is 23.3. The summed E-state index contributed by atoms with van der Waals surface area (Å²) in [7, 11) is 1.49. The van der Waals surface area contributed by atoms with Crippen LogP contribution in [0.25, 0.3) is 0 Å². The van der Waals surface area contributed by atoms with Gasteiger partial charge < -0.3 is 29.4 Å². The Hall–Kier alpha value is -3.63. The fourth-order valence-corrected chi connectivity index (χ4v) is 4.24. The normalized spacial score (nSPS) is 17.0. The summed E-state index contributed by atoms with van der Waals surface area (Å²) in [5.41, 5.74) is 1.18. The summed E-state index contributed by atoms with van der Waals surface area (Å²) in [6.45, 7) is 8.86. The fraction of sp³-hybridized carbons (Fsp3) is 0.483. The number of benzene rings is 2. The Morgan fingerprint density at radius 1 is 1.15 bits per heavy atom. The molecule has 1 saturated heterocycles. The molecule has 3 atom stereocenters. The molecule has 2 aromatic carbocycles. The molecule has 1 fully saturated rings. The van der Waals surface area contributed by atoms with Crippen LogP contribution in [0, 0.1) is 0 Å². The number of nitrogens with one attached hydrogen (secondary N) is 1. The van der Waals surface area contributed by atoms with Gasteiger partial charge in [0.05, 0.1) is 19.3 Å². The van der Waals surface area contributed by atoms with Crippen molar-refractivity contribution >= 4 is 18.1 Å². The number of alkyl carbamates (subject to hydrolysis) is 1. The number of hydrogen-bond acceptors (Lipinski definition) is 8. The van der Waals surface area contributed by atoms with Crippen LogP contribution in [0.4, 0.5) is 9.59 Å². The number of carbonyl (C=O) groups excluding carboxylic acids is 3. The lowest BCUT2D eigenvalue weighted by atomic mass is 9.99. The predicted molar refractivity (Wildman–Crippen MR) is 143 cm³/mol. The molecule has 0 spiro atoms. The van der Waals surface area contributed by atoms with Gasteiger partial charge in [-0.15, -0.1) is 0 Å². The molecule has 1 aliphatic heterocycles. The highest BCUT2D eigenvalue weighted by atomic mass is 16.6. The van der Waals surface area contributed by atoms with Crippen LogP contribution in [0.1, 0.15) is 57.4 Å². The molecule has 39 heavy (non-hydrogen) atoms. The minimum Gasteiger partial charge on any atom is -0.496 e. The zero-order chi connectivity index (χ0) is 28.7. The number of ether oxygens (including phenoxy) is 4. The predicted octanol–water partition coefficient (Wildman–Crippen LogP) is 4.14. The maximum atomic E-state index is 13.7. The Bertz CT molecular complexity index is 1150. The first-order valence-corrected chi connectivity index (χ1v) is 12.9. The van der Waals surface area contributed by atoms with Crippen LogP contribution in [0.5, 0.6) is 5.75 Å². The minimum absolute atomic E-state index is 0.0486. The average Bonchev–Trinajstić information content (AvgIpc) is 3.24. The van der Waals surface area contributed by atoms with Crippen LogP contribution in [0.15, 0.2) is 48.5 Å². The van der Waals surface area contributed by atoms with Crippen LogP contribution in [-0.4, -0.2) is 65.7 Å². The lowest BCUT2D eigenvalue weighted by molar-refractivity contribution is -0.154. The number of aliphatic hydroxyl groups is 1. The summed E-state index contributed by atoms with van der Waals surface area (Å²) in [5.74, 6) is -0.218.